The zero-order chi connectivity index (χ0) is 15.9. The number of rotatable bonds is 6. The van der Waals surface area contributed by atoms with Gasteiger partial charge in [0.05, 0.1) is 25.3 Å². The Morgan fingerprint density at radius 2 is 1.18 bits per heavy atom. The van der Waals surface area contributed by atoms with E-state index >= 15 is 0 Å². The first-order chi connectivity index (χ1) is 10.6. The Bertz CT molecular complexity index is 356. The summed E-state index contributed by atoms with van der Waals surface area (Å²) >= 11 is 0. The van der Waals surface area contributed by atoms with E-state index in [4.69, 9.17) is 0 Å². The smallest absolute Gasteiger partial charge is 0.0599 e. The van der Waals surface area contributed by atoms with Crippen molar-refractivity contribution in [3.05, 3.63) is 0 Å². The van der Waals surface area contributed by atoms with Crippen LogP contribution in [0.3, 0.4) is 0 Å². The van der Waals surface area contributed by atoms with Crippen LogP contribution < -0.4 is 0 Å². The maximum Gasteiger partial charge on any atom is 0.0599 e. The summed E-state index contributed by atoms with van der Waals surface area (Å²) in [5.41, 5.74) is 0. The van der Waals surface area contributed by atoms with Gasteiger partial charge in [0, 0.05) is 13.1 Å². The Balaban J connectivity index is 1.61. The van der Waals surface area contributed by atoms with E-state index in [1.807, 2.05) is 0 Å². The van der Waals surface area contributed by atoms with E-state index in [1.54, 1.807) is 0 Å². The normalized spacial score (nSPS) is 31.7. The third-order valence-corrected chi connectivity index (χ3v) is 5.15. The second-order valence-corrected chi connectivity index (χ2v) is 7.26. The molecule has 0 bridgehead atoms. The van der Waals surface area contributed by atoms with Gasteiger partial charge in [0.15, 0.2) is 0 Å². The van der Waals surface area contributed by atoms with Gasteiger partial charge in [-0.1, -0.05) is 24.7 Å². The molecule has 2 N–H and O–H groups in total. The minimum Gasteiger partial charge on any atom is -0.393 e. The first kappa shape index (κ1) is 17.7. The molecule has 2 fully saturated rings. The molecule has 4 heteroatoms. The lowest BCUT2D eigenvalue weighted by atomic mass is 10.1. The van der Waals surface area contributed by atoms with Gasteiger partial charge in [-0.15, -0.1) is 0 Å². The second kappa shape index (κ2) is 8.88. The van der Waals surface area contributed by atoms with Crippen LogP contribution in [-0.4, -0.2) is 72.5 Å². The molecule has 2 saturated carbocycles. The maximum atomic E-state index is 9.85. The molecule has 0 aromatic heterocycles. The number of hydrogen-bond acceptors (Lipinski definition) is 4. The van der Waals surface area contributed by atoms with E-state index in [-0.39, 0.29) is 12.2 Å². The predicted molar refractivity (Wildman–Crippen MR) is 89.5 cm³/mol. The Morgan fingerprint density at radius 3 is 1.50 bits per heavy atom. The van der Waals surface area contributed by atoms with E-state index < -0.39 is 0 Å². The monoisotopic (exact) mass is 308 g/mol. The summed E-state index contributed by atoms with van der Waals surface area (Å²) in [4.78, 5) is 4.43. The average Bonchev–Trinajstić information content (AvgIpc) is 3.05. The highest BCUT2D eigenvalue weighted by molar-refractivity contribution is 5.03. The standard InChI is InChI=1S/C18H32N2O2/c1-19(13-15-7-5-9-17(15)21)11-3-4-12-20(2)14-16-8-6-10-18(16)22/h15-18,21-22H,5-14H2,1-2H3. The summed E-state index contributed by atoms with van der Waals surface area (Å²) in [5, 5.41) is 19.7. The molecule has 0 amide bonds. The first-order valence-corrected chi connectivity index (χ1v) is 8.75. The number of hydrogen-bond donors (Lipinski definition) is 2. The Hall–Kier alpha value is -0.600. The molecular formula is C18H32N2O2. The van der Waals surface area contributed by atoms with Crippen LogP contribution in [0.25, 0.3) is 0 Å². The van der Waals surface area contributed by atoms with Crippen LogP contribution in [0.2, 0.25) is 0 Å². The van der Waals surface area contributed by atoms with Gasteiger partial charge in [0.1, 0.15) is 0 Å². The van der Waals surface area contributed by atoms with Crippen LogP contribution in [0.15, 0.2) is 0 Å². The topological polar surface area (TPSA) is 46.9 Å². The number of aliphatic hydroxyl groups excluding tert-OH is 2. The molecule has 0 aromatic rings. The lowest BCUT2D eigenvalue weighted by Gasteiger charge is -2.21. The maximum absolute atomic E-state index is 9.85. The highest BCUT2D eigenvalue weighted by Gasteiger charge is 2.26. The largest absolute Gasteiger partial charge is 0.393 e. The molecule has 0 heterocycles. The van der Waals surface area contributed by atoms with Gasteiger partial charge in [-0.3, -0.25) is 9.80 Å². The number of aliphatic hydroxyl groups is 2. The van der Waals surface area contributed by atoms with Crippen molar-refractivity contribution in [2.24, 2.45) is 11.8 Å². The first-order valence-electron chi connectivity index (χ1n) is 8.75. The van der Waals surface area contributed by atoms with Gasteiger partial charge >= 0.3 is 0 Å². The minimum atomic E-state index is -0.112. The lowest BCUT2D eigenvalue weighted by Crippen LogP contribution is -2.31. The third kappa shape index (κ3) is 5.55. The fourth-order valence-corrected chi connectivity index (χ4v) is 3.77. The van der Waals surface area contributed by atoms with Crippen molar-refractivity contribution in [3.8, 4) is 11.8 Å². The fraction of sp³-hybridized carbons (Fsp3) is 0.889. The summed E-state index contributed by atoms with van der Waals surface area (Å²) in [6.07, 6.45) is 6.30. The molecule has 0 spiro atoms. The lowest BCUT2D eigenvalue weighted by molar-refractivity contribution is 0.112. The molecule has 0 aromatic carbocycles. The van der Waals surface area contributed by atoms with Crippen LogP contribution in [0.4, 0.5) is 0 Å². The SMILES string of the molecule is CN(CC#CCN(C)CC1CCCC1O)CC1CCCC1O. The predicted octanol–water partition coefficient (Wildman–Crippen LogP) is 1.18. The van der Waals surface area contributed by atoms with Crippen molar-refractivity contribution in [2.45, 2.75) is 50.7 Å². The van der Waals surface area contributed by atoms with E-state index in [0.717, 1.165) is 64.7 Å². The van der Waals surface area contributed by atoms with Gasteiger partial charge < -0.3 is 10.2 Å². The Kier molecular flexibility index (Phi) is 7.17. The summed E-state index contributed by atoms with van der Waals surface area (Å²) in [6, 6.07) is 0. The molecule has 0 aliphatic heterocycles. The van der Waals surface area contributed by atoms with Crippen molar-refractivity contribution in [1.29, 1.82) is 0 Å². The Morgan fingerprint density at radius 1 is 0.773 bits per heavy atom. The molecule has 2 rings (SSSR count). The molecule has 22 heavy (non-hydrogen) atoms. The number of nitrogens with zero attached hydrogens (tertiary/aromatic N) is 2. The van der Waals surface area contributed by atoms with Crippen molar-refractivity contribution >= 4 is 0 Å². The molecule has 2 aliphatic rings. The van der Waals surface area contributed by atoms with Gasteiger partial charge in [0.25, 0.3) is 0 Å². The highest BCUT2D eigenvalue weighted by Crippen LogP contribution is 2.26. The fourth-order valence-electron chi connectivity index (χ4n) is 3.77. The summed E-state index contributed by atoms with van der Waals surface area (Å²) in [7, 11) is 4.16. The molecule has 4 nitrogen and oxygen atoms in total. The zero-order valence-electron chi connectivity index (χ0n) is 14.2. The summed E-state index contributed by atoms with van der Waals surface area (Å²) < 4.78 is 0. The zero-order valence-corrected chi connectivity index (χ0v) is 14.2. The van der Waals surface area contributed by atoms with Gasteiger partial charge in [-0.25, -0.2) is 0 Å². The van der Waals surface area contributed by atoms with Crippen molar-refractivity contribution in [1.82, 2.24) is 9.80 Å². The van der Waals surface area contributed by atoms with Crippen LogP contribution in [0.1, 0.15) is 38.5 Å². The summed E-state index contributed by atoms with van der Waals surface area (Å²) in [5.74, 6) is 7.32. The van der Waals surface area contributed by atoms with E-state index in [2.05, 4.69) is 35.7 Å². The van der Waals surface area contributed by atoms with Crippen LogP contribution in [-0.2, 0) is 0 Å². The quantitative estimate of drug-likeness (QED) is 0.723. The molecule has 0 radical (unpaired) electrons. The third-order valence-electron chi connectivity index (χ3n) is 5.15. The van der Waals surface area contributed by atoms with E-state index in [1.165, 1.54) is 0 Å². The Labute approximate surface area is 135 Å². The minimum absolute atomic E-state index is 0.112. The van der Waals surface area contributed by atoms with Crippen molar-refractivity contribution in [2.75, 3.05) is 40.3 Å². The van der Waals surface area contributed by atoms with Crippen LogP contribution >= 0.6 is 0 Å². The van der Waals surface area contributed by atoms with Crippen LogP contribution in [0.5, 0.6) is 0 Å². The van der Waals surface area contributed by atoms with E-state index in [0.29, 0.717) is 11.8 Å². The molecule has 2 aliphatic carbocycles. The highest BCUT2D eigenvalue weighted by atomic mass is 16.3. The van der Waals surface area contributed by atoms with Gasteiger partial charge in [0.2, 0.25) is 0 Å². The molecule has 126 valence electrons. The van der Waals surface area contributed by atoms with Gasteiger partial charge in [-0.2, -0.15) is 0 Å². The molecule has 0 saturated heterocycles. The van der Waals surface area contributed by atoms with Crippen LogP contribution in [0, 0.1) is 23.7 Å². The summed E-state index contributed by atoms with van der Waals surface area (Å²) in [6.45, 7) is 3.42. The molecule has 4 unspecified atom stereocenters. The molecule has 4 atom stereocenters. The van der Waals surface area contributed by atoms with Crippen molar-refractivity contribution in [3.63, 3.8) is 0 Å². The average molecular weight is 308 g/mol. The molecular weight excluding hydrogens is 276 g/mol. The van der Waals surface area contributed by atoms with Crippen molar-refractivity contribution < 1.29 is 10.2 Å². The van der Waals surface area contributed by atoms with Gasteiger partial charge in [-0.05, 0) is 51.6 Å². The van der Waals surface area contributed by atoms with E-state index in [9.17, 15) is 10.2 Å². The second-order valence-electron chi connectivity index (χ2n) is 7.26.